The average Bonchev–Trinajstić information content (AvgIpc) is 2.28. The maximum absolute atomic E-state index is 11.6. The van der Waals surface area contributed by atoms with Crippen LogP contribution < -0.4 is 0 Å². The number of rotatable bonds is 2. The Labute approximate surface area is 96.0 Å². The second kappa shape index (κ2) is 4.45. The lowest BCUT2D eigenvalue weighted by atomic mass is 10.1. The van der Waals surface area contributed by atoms with Crippen molar-refractivity contribution in [3.63, 3.8) is 0 Å². The molecule has 2 aromatic carbocycles. The highest BCUT2D eigenvalue weighted by atomic mass is 79.9. The fourth-order valence-corrected chi connectivity index (χ4v) is 1.74. The fourth-order valence-electron chi connectivity index (χ4n) is 1.53. The molecule has 0 spiro atoms. The second-order valence-electron chi connectivity index (χ2n) is 3.07. The molecule has 0 radical (unpaired) electrons. The van der Waals surface area contributed by atoms with Crippen LogP contribution in [0.4, 0.5) is 0 Å². The van der Waals surface area contributed by atoms with Crippen molar-refractivity contribution in [2.24, 2.45) is 0 Å². The van der Waals surface area contributed by atoms with Gasteiger partial charge in [-0.15, -0.1) is 0 Å². The molecule has 0 saturated heterocycles. The lowest BCUT2D eigenvalue weighted by Gasteiger charge is -2.04. The molecule has 0 atom stereocenters. The number of hydrogen-bond acceptors (Lipinski definition) is 2. The lowest BCUT2D eigenvalue weighted by Crippen LogP contribution is -2.03. The van der Waals surface area contributed by atoms with Gasteiger partial charge in [0.15, 0.2) is 0 Å². The van der Waals surface area contributed by atoms with Crippen LogP contribution in [0.1, 0.15) is 10.4 Å². The Morgan fingerprint density at radius 1 is 1.13 bits per heavy atom. The summed E-state index contributed by atoms with van der Waals surface area (Å²) in [7, 11) is 0. The van der Waals surface area contributed by atoms with Crippen molar-refractivity contribution in [3.05, 3.63) is 48.0 Å². The third kappa shape index (κ3) is 2.02. The highest BCUT2D eigenvalue weighted by molar-refractivity contribution is 9.09. The van der Waals surface area contributed by atoms with E-state index in [-0.39, 0.29) is 11.5 Å². The summed E-state index contributed by atoms with van der Waals surface area (Å²) in [4.78, 5) is 11.6. The van der Waals surface area contributed by atoms with E-state index in [4.69, 9.17) is 4.74 Å². The highest BCUT2D eigenvalue weighted by Crippen LogP contribution is 2.19. The topological polar surface area (TPSA) is 26.3 Å². The van der Waals surface area contributed by atoms with Crippen LogP contribution in [-0.4, -0.2) is 11.5 Å². The van der Waals surface area contributed by atoms with Gasteiger partial charge in [0.05, 0.1) is 5.56 Å². The number of alkyl halides is 1. The Morgan fingerprint density at radius 2 is 1.87 bits per heavy atom. The predicted molar refractivity (Wildman–Crippen MR) is 63.2 cm³/mol. The van der Waals surface area contributed by atoms with Crippen LogP contribution in [-0.2, 0) is 4.74 Å². The standard InChI is InChI=1S/C12H9BrO2/c13-8-15-12(14)11-7-3-5-9-4-1-2-6-10(9)11/h1-7H,8H2. The van der Waals surface area contributed by atoms with Gasteiger partial charge >= 0.3 is 5.97 Å². The quantitative estimate of drug-likeness (QED) is 0.614. The predicted octanol–water partition coefficient (Wildman–Crippen LogP) is 3.35. The minimum atomic E-state index is -0.302. The number of ether oxygens (including phenoxy) is 1. The Balaban J connectivity index is 2.56. The van der Waals surface area contributed by atoms with Crippen molar-refractivity contribution in [2.75, 3.05) is 5.52 Å². The molecule has 0 aliphatic heterocycles. The first-order valence-corrected chi connectivity index (χ1v) is 5.66. The number of halogens is 1. The van der Waals surface area contributed by atoms with Gasteiger partial charge in [-0.2, -0.15) is 0 Å². The van der Waals surface area contributed by atoms with E-state index in [1.165, 1.54) is 0 Å². The van der Waals surface area contributed by atoms with Crippen LogP contribution in [0.3, 0.4) is 0 Å². The summed E-state index contributed by atoms with van der Waals surface area (Å²) in [6.07, 6.45) is 0. The van der Waals surface area contributed by atoms with E-state index in [1.54, 1.807) is 6.07 Å². The van der Waals surface area contributed by atoms with Gasteiger partial charge in [-0.3, -0.25) is 0 Å². The van der Waals surface area contributed by atoms with Crippen LogP contribution in [0.15, 0.2) is 42.5 Å². The van der Waals surface area contributed by atoms with Crippen molar-refractivity contribution in [2.45, 2.75) is 0 Å². The Hall–Kier alpha value is -1.35. The highest BCUT2D eigenvalue weighted by Gasteiger charge is 2.09. The summed E-state index contributed by atoms with van der Waals surface area (Å²) in [5.41, 5.74) is 0.822. The van der Waals surface area contributed by atoms with Crippen molar-refractivity contribution >= 4 is 32.7 Å². The summed E-state index contributed by atoms with van der Waals surface area (Å²) in [6.45, 7) is 0. The third-order valence-electron chi connectivity index (χ3n) is 2.20. The van der Waals surface area contributed by atoms with Gasteiger partial charge in [0.1, 0.15) is 5.52 Å². The number of fused-ring (bicyclic) bond motifs is 1. The van der Waals surface area contributed by atoms with E-state index in [2.05, 4.69) is 15.9 Å². The van der Waals surface area contributed by atoms with Crippen LogP contribution in [0, 0.1) is 0 Å². The maximum Gasteiger partial charge on any atom is 0.339 e. The summed E-state index contributed by atoms with van der Waals surface area (Å²) in [5.74, 6) is -0.302. The summed E-state index contributed by atoms with van der Waals surface area (Å²) < 4.78 is 4.91. The minimum Gasteiger partial charge on any atom is -0.450 e. The maximum atomic E-state index is 11.6. The van der Waals surface area contributed by atoms with E-state index in [1.807, 2.05) is 36.4 Å². The Bertz CT molecular complexity index is 488. The zero-order valence-electron chi connectivity index (χ0n) is 7.94. The smallest absolute Gasteiger partial charge is 0.339 e. The summed E-state index contributed by atoms with van der Waals surface area (Å²) in [5, 5.41) is 1.97. The van der Waals surface area contributed by atoms with Gasteiger partial charge in [-0.1, -0.05) is 36.4 Å². The molecule has 0 aliphatic carbocycles. The van der Waals surface area contributed by atoms with Gasteiger partial charge in [0, 0.05) is 0 Å². The van der Waals surface area contributed by atoms with Gasteiger partial charge in [-0.05, 0) is 32.8 Å². The molecule has 0 N–H and O–H groups in total. The zero-order valence-corrected chi connectivity index (χ0v) is 9.53. The first-order valence-electron chi connectivity index (χ1n) is 4.54. The van der Waals surface area contributed by atoms with E-state index in [9.17, 15) is 4.79 Å². The summed E-state index contributed by atoms with van der Waals surface area (Å²) in [6, 6.07) is 13.3. The number of carbonyl (C=O) groups excluding carboxylic acids is 1. The molecule has 0 unspecified atom stereocenters. The second-order valence-corrected chi connectivity index (χ2v) is 3.53. The van der Waals surface area contributed by atoms with Crippen molar-refractivity contribution in [1.29, 1.82) is 0 Å². The molecular weight excluding hydrogens is 256 g/mol. The molecule has 0 amide bonds. The molecule has 0 fully saturated rings. The van der Waals surface area contributed by atoms with Gasteiger partial charge in [-0.25, -0.2) is 4.79 Å². The van der Waals surface area contributed by atoms with Crippen molar-refractivity contribution < 1.29 is 9.53 Å². The van der Waals surface area contributed by atoms with Crippen LogP contribution in [0.2, 0.25) is 0 Å². The van der Waals surface area contributed by atoms with Gasteiger partial charge in [0.25, 0.3) is 0 Å². The molecule has 2 aromatic rings. The van der Waals surface area contributed by atoms with Crippen LogP contribution >= 0.6 is 15.9 Å². The SMILES string of the molecule is O=C(OCBr)c1cccc2ccccc12. The van der Waals surface area contributed by atoms with E-state index in [0.29, 0.717) is 5.56 Å². The molecule has 15 heavy (non-hydrogen) atoms. The Kier molecular flexibility index (Phi) is 3.02. The molecule has 0 saturated carbocycles. The monoisotopic (exact) mass is 264 g/mol. The molecule has 2 nitrogen and oxygen atoms in total. The lowest BCUT2D eigenvalue weighted by molar-refractivity contribution is 0.0586. The number of carbonyl (C=O) groups is 1. The molecule has 0 aliphatic rings. The zero-order chi connectivity index (χ0) is 10.7. The molecule has 0 bridgehead atoms. The van der Waals surface area contributed by atoms with Gasteiger partial charge < -0.3 is 4.74 Å². The fraction of sp³-hybridized carbons (Fsp3) is 0.0833. The van der Waals surface area contributed by atoms with Crippen molar-refractivity contribution in [3.8, 4) is 0 Å². The average molecular weight is 265 g/mol. The first-order chi connectivity index (χ1) is 7.33. The molecule has 76 valence electrons. The van der Waals surface area contributed by atoms with E-state index in [0.717, 1.165) is 10.8 Å². The number of esters is 1. The third-order valence-corrected chi connectivity index (χ3v) is 2.42. The normalized spacial score (nSPS) is 10.2. The largest absolute Gasteiger partial charge is 0.450 e. The molecule has 0 aromatic heterocycles. The molecule has 3 heteroatoms. The summed E-state index contributed by atoms with van der Waals surface area (Å²) >= 11 is 3.07. The first kappa shape index (κ1) is 10.2. The van der Waals surface area contributed by atoms with Crippen LogP contribution in [0.5, 0.6) is 0 Å². The van der Waals surface area contributed by atoms with Gasteiger partial charge in [0.2, 0.25) is 0 Å². The molecular formula is C12H9BrO2. The van der Waals surface area contributed by atoms with E-state index >= 15 is 0 Å². The molecule has 0 heterocycles. The molecule has 2 rings (SSSR count). The van der Waals surface area contributed by atoms with E-state index < -0.39 is 0 Å². The number of benzene rings is 2. The Morgan fingerprint density at radius 3 is 2.67 bits per heavy atom. The minimum absolute atomic E-state index is 0.217. The number of hydrogen-bond donors (Lipinski definition) is 0. The van der Waals surface area contributed by atoms with Crippen LogP contribution in [0.25, 0.3) is 10.8 Å². The van der Waals surface area contributed by atoms with Crippen molar-refractivity contribution in [1.82, 2.24) is 0 Å².